The maximum absolute atomic E-state index is 4.86. The first-order valence-corrected chi connectivity index (χ1v) is 9.75. The van der Waals surface area contributed by atoms with Crippen molar-refractivity contribution >= 4 is 11.8 Å². The molecule has 26 heavy (non-hydrogen) atoms. The molecule has 4 rings (SSSR count). The summed E-state index contributed by atoms with van der Waals surface area (Å²) in [6.45, 7) is 7.06. The molecule has 0 amide bonds. The number of nitrogens with one attached hydrogen (secondary N) is 1. The molecule has 0 unspecified atom stereocenters. The number of aromatic nitrogens is 3. The number of nitrogens with zero attached hydrogens (tertiary/aromatic N) is 5. The van der Waals surface area contributed by atoms with Crippen molar-refractivity contribution in [3.05, 3.63) is 40.8 Å². The van der Waals surface area contributed by atoms with Crippen LogP contribution in [-0.4, -0.2) is 53.1 Å². The van der Waals surface area contributed by atoms with E-state index in [1.54, 1.807) is 0 Å². The minimum Gasteiger partial charge on any atom is -0.373 e. The topological polar surface area (TPSA) is 57.2 Å². The number of hydrogen-bond donors (Lipinski definition) is 1. The molecule has 2 aromatic heterocycles. The fraction of sp³-hybridized carbons (Fsp3) is 0.550. The molecule has 0 spiro atoms. The van der Waals surface area contributed by atoms with Gasteiger partial charge in [0.2, 0.25) is 5.95 Å². The van der Waals surface area contributed by atoms with E-state index in [0.29, 0.717) is 0 Å². The van der Waals surface area contributed by atoms with Crippen LogP contribution in [0.5, 0.6) is 0 Å². The van der Waals surface area contributed by atoms with Gasteiger partial charge in [-0.05, 0) is 37.3 Å². The Morgan fingerprint density at radius 1 is 1.08 bits per heavy atom. The molecule has 2 aliphatic rings. The van der Waals surface area contributed by atoms with Crippen LogP contribution in [0.4, 0.5) is 11.8 Å². The highest BCUT2D eigenvalue weighted by Crippen LogP contribution is 2.28. The largest absolute Gasteiger partial charge is 0.373 e. The molecular formula is C20H28N6. The summed E-state index contributed by atoms with van der Waals surface area (Å²) >= 11 is 0. The highest BCUT2D eigenvalue weighted by molar-refractivity contribution is 5.52. The third-order valence-electron chi connectivity index (χ3n) is 5.49. The molecule has 138 valence electrons. The lowest BCUT2D eigenvalue weighted by molar-refractivity contribution is 0.246. The third kappa shape index (κ3) is 3.51. The molecule has 2 aromatic rings. The van der Waals surface area contributed by atoms with Crippen molar-refractivity contribution < 1.29 is 0 Å². The highest BCUT2D eigenvalue weighted by atomic mass is 15.3. The standard InChI is InChI=1S/C20H28N6/c1-3-15-7-8-16(22-13-15)14-25-9-11-26(12-10-25)20-23-18-6-4-5-17(18)19(21-2)24-20/h7-8,13H,3-6,9-12,14H2,1-2H3,(H,21,23,24). The van der Waals surface area contributed by atoms with Crippen LogP contribution in [0, 0.1) is 0 Å². The Balaban J connectivity index is 1.39. The number of anilines is 2. The lowest BCUT2D eigenvalue weighted by Gasteiger charge is -2.34. The first kappa shape index (κ1) is 17.2. The second-order valence-electron chi connectivity index (χ2n) is 7.18. The van der Waals surface area contributed by atoms with E-state index in [2.05, 4.69) is 39.2 Å². The van der Waals surface area contributed by atoms with E-state index in [4.69, 9.17) is 9.97 Å². The summed E-state index contributed by atoms with van der Waals surface area (Å²) in [4.78, 5) is 19.0. The second-order valence-corrected chi connectivity index (χ2v) is 7.18. The van der Waals surface area contributed by atoms with Gasteiger partial charge in [0.1, 0.15) is 5.82 Å². The van der Waals surface area contributed by atoms with Crippen molar-refractivity contribution in [2.45, 2.75) is 39.2 Å². The Morgan fingerprint density at radius 2 is 1.92 bits per heavy atom. The number of pyridine rings is 1. The number of hydrogen-bond acceptors (Lipinski definition) is 6. The Labute approximate surface area is 155 Å². The molecule has 1 N–H and O–H groups in total. The number of rotatable bonds is 5. The molecule has 0 saturated carbocycles. The Morgan fingerprint density at radius 3 is 2.62 bits per heavy atom. The Hall–Kier alpha value is -2.21. The molecule has 0 bridgehead atoms. The predicted molar refractivity (Wildman–Crippen MR) is 105 cm³/mol. The van der Waals surface area contributed by atoms with E-state index in [1.807, 2.05) is 13.2 Å². The van der Waals surface area contributed by atoms with E-state index in [1.165, 1.54) is 23.2 Å². The normalized spacial score (nSPS) is 17.4. The minimum absolute atomic E-state index is 0.889. The molecule has 6 heteroatoms. The molecule has 3 heterocycles. The van der Waals surface area contributed by atoms with Crippen LogP contribution in [0.1, 0.15) is 35.9 Å². The number of aryl methyl sites for hydroxylation is 2. The van der Waals surface area contributed by atoms with Gasteiger partial charge in [-0.1, -0.05) is 13.0 Å². The van der Waals surface area contributed by atoms with Crippen LogP contribution in [0.15, 0.2) is 18.3 Å². The highest BCUT2D eigenvalue weighted by Gasteiger charge is 2.24. The smallest absolute Gasteiger partial charge is 0.227 e. The van der Waals surface area contributed by atoms with Crippen LogP contribution in [0.3, 0.4) is 0 Å². The first-order valence-electron chi connectivity index (χ1n) is 9.75. The Kier molecular flexibility index (Phi) is 5.02. The van der Waals surface area contributed by atoms with Gasteiger partial charge in [0.15, 0.2) is 0 Å². The van der Waals surface area contributed by atoms with Crippen molar-refractivity contribution in [1.29, 1.82) is 0 Å². The van der Waals surface area contributed by atoms with Gasteiger partial charge in [0.25, 0.3) is 0 Å². The van der Waals surface area contributed by atoms with Crippen molar-refractivity contribution in [3.8, 4) is 0 Å². The SMILES string of the molecule is CCc1ccc(CN2CCN(c3nc4c(c(NC)n3)CCC4)CC2)nc1. The van der Waals surface area contributed by atoms with E-state index in [9.17, 15) is 0 Å². The predicted octanol–water partition coefficient (Wildman–Crippen LogP) is 2.29. The summed E-state index contributed by atoms with van der Waals surface area (Å²) in [5.74, 6) is 1.91. The number of piperazine rings is 1. The molecule has 1 fully saturated rings. The Bertz CT molecular complexity index is 750. The van der Waals surface area contributed by atoms with Crippen molar-refractivity contribution in [3.63, 3.8) is 0 Å². The van der Waals surface area contributed by atoms with E-state index >= 15 is 0 Å². The zero-order chi connectivity index (χ0) is 17.9. The average Bonchev–Trinajstić information content (AvgIpc) is 3.17. The van der Waals surface area contributed by atoms with Gasteiger partial charge in [0, 0.05) is 51.5 Å². The van der Waals surface area contributed by atoms with E-state index in [0.717, 1.165) is 69.4 Å². The summed E-state index contributed by atoms with van der Waals surface area (Å²) < 4.78 is 0. The van der Waals surface area contributed by atoms with E-state index in [-0.39, 0.29) is 0 Å². The monoisotopic (exact) mass is 352 g/mol. The van der Waals surface area contributed by atoms with Gasteiger partial charge in [0.05, 0.1) is 11.4 Å². The van der Waals surface area contributed by atoms with Gasteiger partial charge >= 0.3 is 0 Å². The first-order chi connectivity index (χ1) is 12.8. The summed E-state index contributed by atoms with van der Waals surface area (Å²) in [6, 6.07) is 4.35. The maximum Gasteiger partial charge on any atom is 0.227 e. The lowest BCUT2D eigenvalue weighted by atomic mass is 10.2. The van der Waals surface area contributed by atoms with Crippen LogP contribution in [0.25, 0.3) is 0 Å². The van der Waals surface area contributed by atoms with Crippen LogP contribution >= 0.6 is 0 Å². The van der Waals surface area contributed by atoms with E-state index < -0.39 is 0 Å². The summed E-state index contributed by atoms with van der Waals surface area (Å²) in [7, 11) is 1.96. The zero-order valence-corrected chi connectivity index (χ0v) is 15.8. The van der Waals surface area contributed by atoms with Crippen LogP contribution in [-0.2, 0) is 25.8 Å². The van der Waals surface area contributed by atoms with Gasteiger partial charge < -0.3 is 10.2 Å². The fourth-order valence-corrected chi connectivity index (χ4v) is 3.86. The summed E-state index contributed by atoms with van der Waals surface area (Å²) in [5, 5.41) is 3.26. The van der Waals surface area contributed by atoms with Gasteiger partial charge in [-0.2, -0.15) is 4.98 Å². The maximum atomic E-state index is 4.86. The molecule has 1 aliphatic carbocycles. The molecule has 1 aliphatic heterocycles. The quantitative estimate of drug-likeness (QED) is 0.891. The minimum atomic E-state index is 0.889. The summed E-state index contributed by atoms with van der Waals surface area (Å²) in [5.41, 5.74) is 5.01. The third-order valence-corrected chi connectivity index (χ3v) is 5.49. The van der Waals surface area contributed by atoms with Gasteiger partial charge in [-0.15, -0.1) is 0 Å². The fourth-order valence-electron chi connectivity index (χ4n) is 3.86. The van der Waals surface area contributed by atoms with Crippen molar-refractivity contribution in [1.82, 2.24) is 19.9 Å². The number of fused-ring (bicyclic) bond motifs is 1. The molecule has 0 radical (unpaired) electrons. The average molecular weight is 352 g/mol. The molecule has 6 nitrogen and oxygen atoms in total. The van der Waals surface area contributed by atoms with Crippen molar-refractivity contribution in [2.75, 3.05) is 43.4 Å². The van der Waals surface area contributed by atoms with Crippen LogP contribution in [0.2, 0.25) is 0 Å². The zero-order valence-electron chi connectivity index (χ0n) is 15.8. The van der Waals surface area contributed by atoms with Gasteiger partial charge in [-0.3, -0.25) is 9.88 Å². The van der Waals surface area contributed by atoms with Crippen molar-refractivity contribution in [2.24, 2.45) is 0 Å². The van der Waals surface area contributed by atoms with Crippen LogP contribution < -0.4 is 10.2 Å². The summed E-state index contributed by atoms with van der Waals surface area (Å²) in [6.07, 6.45) is 6.42. The van der Waals surface area contributed by atoms with Gasteiger partial charge in [-0.25, -0.2) is 4.98 Å². The molecule has 1 saturated heterocycles. The second kappa shape index (κ2) is 7.58. The molecular weight excluding hydrogens is 324 g/mol. The lowest BCUT2D eigenvalue weighted by Crippen LogP contribution is -2.46. The molecule has 0 atom stereocenters. The molecule has 0 aromatic carbocycles.